The van der Waals surface area contributed by atoms with E-state index in [0.717, 1.165) is 6.42 Å². The summed E-state index contributed by atoms with van der Waals surface area (Å²) in [6, 6.07) is 0. The number of hydrogen-bond donors (Lipinski definition) is 3. The fourth-order valence-corrected chi connectivity index (χ4v) is 3.46. The van der Waals surface area contributed by atoms with Gasteiger partial charge in [-0.05, 0) is 40.5 Å². The number of anilines is 2. The van der Waals surface area contributed by atoms with Gasteiger partial charge in [0.1, 0.15) is 10.7 Å². The van der Waals surface area contributed by atoms with E-state index in [1.165, 1.54) is 11.3 Å². The van der Waals surface area contributed by atoms with E-state index in [2.05, 4.69) is 10.3 Å². The number of nitrogens with zero attached hydrogens (tertiary/aromatic N) is 2. The van der Waals surface area contributed by atoms with E-state index in [-0.39, 0.29) is 17.3 Å². The minimum absolute atomic E-state index is 0.139. The third-order valence-electron chi connectivity index (χ3n) is 3.29. The lowest BCUT2D eigenvalue weighted by Gasteiger charge is -2.36. The fraction of sp³-hybridized carbons (Fsp3) is 0.714. The highest BCUT2D eigenvalue weighted by Gasteiger charge is 2.33. The number of aliphatic hydroxyl groups is 1. The van der Waals surface area contributed by atoms with Crippen LogP contribution in [-0.4, -0.2) is 45.1 Å². The van der Waals surface area contributed by atoms with Gasteiger partial charge in [0.25, 0.3) is 5.91 Å². The highest BCUT2D eigenvalue weighted by Crippen LogP contribution is 2.30. The lowest BCUT2D eigenvalue weighted by atomic mass is 9.95. The minimum atomic E-state index is -0.820. The zero-order chi connectivity index (χ0) is 15.8. The van der Waals surface area contributed by atoms with Gasteiger partial charge in [-0.25, -0.2) is 4.98 Å². The van der Waals surface area contributed by atoms with Crippen LogP contribution in [0.25, 0.3) is 0 Å². The van der Waals surface area contributed by atoms with Gasteiger partial charge in [-0.3, -0.25) is 4.79 Å². The summed E-state index contributed by atoms with van der Waals surface area (Å²) in [6.07, 6.45) is 1.51. The number of amides is 1. The Morgan fingerprint density at radius 3 is 2.76 bits per heavy atom. The van der Waals surface area contributed by atoms with Crippen LogP contribution in [0.15, 0.2) is 0 Å². The summed E-state index contributed by atoms with van der Waals surface area (Å²) in [4.78, 5) is 18.9. The number of nitrogen functional groups attached to an aromatic ring is 1. The first-order valence-electron chi connectivity index (χ1n) is 7.14. The van der Waals surface area contributed by atoms with Crippen molar-refractivity contribution in [3.05, 3.63) is 4.88 Å². The Bertz CT molecular complexity index is 534. The lowest BCUT2D eigenvalue weighted by molar-refractivity contribution is -0.0105. The number of β-amino-alcohol motifs (C(OH)–C–C–N with tert-alkyl or cyclic N) is 1. The van der Waals surface area contributed by atoms with E-state index >= 15 is 0 Å². The third-order valence-corrected chi connectivity index (χ3v) is 4.27. The van der Waals surface area contributed by atoms with Gasteiger partial charge in [0, 0.05) is 18.6 Å². The number of carbonyl (C=O) groups is 1. The molecule has 1 aromatic rings. The highest BCUT2D eigenvalue weighted by atomic mass is 32.1. The van der Waals surface area contributed by atoms with Crippen molar-refractivity contribution >= 4 is 28.2 Å². The molecule has 0 spiro atoms. The molecule has 4 N–H and O–H groups in total. The monoisotopic (exact) mass is 312 g/mol. The summed E-state index contributed by atoms with van der Waals surface area (Å²) in [5.41, 5.74) is 4.93. The molecule has 0 radical (unpaired) electrons. The van der Waals surface area contributed by atoms with E-state index in [0.29, 0.717) is 29.5 Å². The summed E-state index contributed by atoms with van der Waals surface area (Å²) in [5.74, 6) is 0.105. The number of likely N-dealkylation sites (tertiary alicyclic amines) is 1. The van der Waals surface area contributed by atoms with E-state index in [1.54, 1.807) is 11.8 Å². The zero-order valence-corrected chi connectivity index (χ0v) is 13.9. The van der Waals surface area contributed by atoms with Gasteiger partial charge in [0.2, 0.25) is 0 Å². The number of nitrogens with two attached hydrogens (primary N) is 1. The van der Waals surface area contributed by atoms with Crippen molar-refractivity contribution in [2.45, 2.75) is 51.7 Å². The molecule has 0 saturated carbocycles. The number of nitrogens with one attached hydrogen (secondary N) is 1. The molecule has 6 nitrogen and oxygen atoms in total. The van der Waals surface area contributed by atoms with Gasteiger partial charge < -0.3 is 21.1 Å². The predicted octanol–water partition coefficient (Wildman–Crippen LogP) is 1.92. The first-order valence-corrected chi connectivity index (χ1v) is 7.95. The van der Waals surface area contributed by atoms with Gasteiger partial charge in [-0.2, -0.15) is 0 Å². The summed E-state index contributed by atoms with van der Waals surface area (Å²) in [6.45, 7) is 8.81. The second-order valence-corrected chi connectivity index (χ2v) is 7.93. The van der Waals surface area contributed by atoms with E-state index in [1.807, 2.05) is 20.8 Å². The van der Waals surface area contributed by atoms with Crippen LogP contribution in [0.5, 0.6) is 0 Å². The first-order chi connectivity index (χ1) is 9.57. The fourth-order valence-electron chi connectivity index (χ4n) is 2.40. The first kappa shape index (κ1) is 16.0. The van der Waals surface area contributed by atoms with Crippen molar-refractivity contribution < 1.29 is 9.90 Å². The zero-order valence-electron chi connectivity index (χ0n) is 13.1. The van der Waals surface area contributed by atoms with E-state index in [4.69, 9.17) is 5.73 Å². The molecule has 1 aromatic heterocycles. The maximum Gasteiger partial charge on any atom is 0.267 e. The number of aromatic nitrogens is 1. The largest absolute Gasteiger partial charge is 0.388 e. The Morgan fingerprint density at radius 1 is 1.52 bits per heavy atom. The SMILES string of the molecule is CC1(O)CCCN(C(=O)c2sc(NC(C)(C)C)nc2N)C1. The van der Waals surface area contributed by atoms with Crippen LogP contribution < -0.4 is 11.1 Å². The topological polar surface area (TPSA) is 91.5 Å². The van der Waals surface area contributed by atoms with Gasteiger partial charge in [-0.15, -0.1) is 0 Å². The molecule has 0 aromatic carbocycles. The molecule has 0 aliphatic carbocycles. The molecule has 2 rings (SSSR count). The molecule has 7 heteroatoms. The molecular weight excluding hydrogens is 288 g/mol. The van der Waals surface area contributed by atoms with Crippen molar-refractivity contribution in [1.82, 2.24) is 9.88 Å². The van der Waals surface area contributed by atoms with Gasteiger partial charge in [-0.1, -0.05) is 11.3 Å². The van der Waals surface area contributed by atoms with Crippen molar-refractivity contribution in [2.24, 2.45) is 0 Å². The average Bonchev–Trinajstić information content (AvgIpc) is 2.65. The molecule has 1 unspecified atom stereocenters. The number of piperidine rings is 1. The van der Waals surface area contributed by atoms with Crippen LogP contribution in [0.2, 0.25) is 0 Å². The molecule has 2 heterocycles. The number of rotatable bonds is 2. The summed E-state index contributed by atoms with van der Waals surface area (Å²) in [7, 11) is 0. The van der Waals surface area contributed by atoms with E-state index < -0.39 is 5.60 Å². The normalized spacial score (nSPS) is 23.2. The van der Waals surface area contributed by atoms with Crippen LogP contribution in [0.1, 0.15) is 50.2 Å². The van der Waals surface area contributed by atoms with Crippen LogP contribution in [0, 0.1) is 0 Å². The summed E-state index contributed by atoms with van der Waals surface area (Å²) < 4.78 is 0. The van der Waals surface area contributed by atoms with Crippen LogP contribution >= 0.6 is 11.3 Å². The Labute approximate surface area is 129 Å². The number of hydrogen-bond acceptors (Lipinski definition) is 6. The molecule has 1 amide bonds. The Morgan fingerprint density at radius 2 is 2.19 bits per heavy atom. The molecule has 1 fully saturated rings. The highest BCUT2D eigenvalue weighted by molar-refractivity contribution is 7.18. The van der Waals surface area contributed by atoms with Crippen LogP contribution in [-0.2, 0) is 0 Å². The molecular formula is C14H24N4O2S. The Kier molecular flexibility index (Phi) is 4.17. The number of carbonyl (C=O) groups excluding carboxylic acids is 1. The molecule has 1 aliphatic rings. The average molecular weight is 312 g/mol. The summed E-state index contributed by atoms with van der Waals surface area (Å²) >= 11 is 1.27. The maximum absolute atomic E-state index is 12.6. The minimum Gasteiger partial charge on any atom is -0.388 e. The van der Waals surface area contributed by atoms with Gasteiger partial charge in [0.05, 0.1) is 5.60 Å². The second-order valence-electron chi connectivity index (χ2n) is 6.94. The van der Waals surface area contributed by atoms with Crippen molar-refractivity contribution in [3.8, 4) is 0 Å². The third kappa shape index (κ3) is 4.07. The Balaban J connectivity index is 2.16. The van der Waals surface area contributed by atoms with Crippen molar-refractivity contribution in [1.29, 1.82) is 0 Å². The molecule has 21 heavy (non-hydrogen) atoms. The number of thiazole rings is 1. The van der Waals surface area contributed by atoms with Crippen LogP contribution in [0.3, 0.4) is 0 Å². The van der Waals surface area contributed by atoms with Crippen LogP contribution in [0.4, 0.5) is 10.9 Å². The lowest BCUT2D eigenvalue weighted by Crippen LogP contribution is -2.48. The maximum atomic E-state index is 12.6. The molecule has 0 bridgehead atoms. The quantitative estimate of drug-likeness (QED) is 0.776. The predicted molar refractivity (Wildman–Crippen MR) is 85.7 cm³/mol. The van der Waals surface area contributed by atoms with E-state index in [9.17, 15) is 9.90 Å². The smallest absolute Gasteiger partial charge is 0.267 e. The van der Waals surface area contributed by atoms with Crippen molar-refractivity contribution in [2.75, 3.05) is 24.1 Å². The molecule has 1 atom stereocenters. The van der Waals surface area contributed by atoms with Gasteiger partial charge >= 0.3 is 0 Å². The summed E-state index contributed by atoms with van der Waals surface area (Å²) in [5, 5.41) is 14.0. The molecule has 1 saturated heterocycles. The Hall–Kier alpha value is -1.34. The molecule has 1 aliphatic heterocycles. The second kappa shape index (κ2) is 5.46. The van der Waals surface area contributed by atoms with Crippen molar-refractivity contribution in [3.63, 3.8) is 0 Å². The molecule has 118 valence electrons. The van der Waals surface area contributed by atoms with Gasteiger partial charge in [0.15, 0.2) is 5.13 Å². The standard InChI is InChI=1S/C14H24N4O2S/c1-13(2,3)17-12-16-10(15)9(21-12)11(19)18-7-5-6-14(4,20)8-18/h20H,5-8,15H2,1-4H3,(H,16,17).